The molecule has 0 atom stereocenters. The second-order valence-corrected chi connectivity index (χ2v) is 18.8. The Kier molecular flexibility index (Phi) is 16.2. The molecule has 36 heavy (non-hydrogen) atoms. The van der Waals surface area contributed by atoms with Crippen LogP contribution in [0, 0.1) is 6.07 Å². The third-order valence-corrected chi connectivity index (χ3v) is 12.1. The first-order chi connectivity index (χ1) is 16.0. The Morgan fingerprint density at radius 3 is 1.81 bits per heavy atom. The van der Waals surface area contributed by atoms with Crippen LogP contribution in [0.4, 0.5) is 0 Å². The normalized spacial score (nSPS) is 11.4. The largest absolute Gasteiger partial charge is 1.00 e. The van der Waals surface area contributed by atoms with E-state index in [1.807, 2.05) is 53.7 Å². The van der Waals surface area contributed by atoms with E-state index in [9.17, 15) is 0 Å². The van der Waals surface area contributed by atoms with Gasteiger partial charge in [0, 0.05) is 0 Å². The molecule has 4 heteroatoms. The van der Waals surface area contributed by atoms with Gasteiger partial charge in [0.25, 0.3) is 0 Å². The van der Waals surface area contributed by atoms with Gasteiger partial charge in [-0.1, -0.05) is 76.3 Å². The summed E-state index contributed by atoms with van der Waals surface area (Å²) in [5, 5.41) is 0. The molecule has 0 aliphatic heterocycles. The first-order valence-electron chi connectivity index (χ1n) is 12.9. The Morgan fingerprint density at radius 2 is 1.36 bits per heavy atom. The van der Waals surface area contributed by atoms with E-state index in [0.29, 0.717) is 0 Å². The van der Waals surface area contributed by atoms with Crippen LogP contribution >= 0.6 is 0 Å². The molecule has 0 saturated heterocycles. The molecule has 0 nitrogen and oxygen atoms in total. The number of hydrogen-bond acceptors (Lipinski definition) is 0. The number of rotatable bonds is 4. The average molecular weight is 619 g/mol. The fourth-order valence-corrected chi connectivity index (χ4v) is 9.18. The van der Waals surface area contributed by atoms with Crippen molar-refractivity contribution < 1.29 is 48.1 Å². The Bertz CT molecular complexity index is 954. The summed E-state index contributed by atoms with van der Waals surface area (Å²) in [6.07, 6.45) is 3.86. The molecule has 0 unspecified atom stereocenters. The molecule has 0 bridgehead atoms. The van der Waals surface area contributed by atoms with Crippen LogP contribution in [-0.4, -0.2) is 5.43 Å². The van der Waals surface area contributed by atoms with Crippen LogP contribution < -0.4 is 24.8 Å². The van der Waals surface area contributed by atoms with E-state index in [1.165, 1.54) is 46.2 Å². The molecule has 3 aromatic carbocycles. The summed E-state index contributed by atoms with van der Waals surface area (Å²) in [6.45, 7) is 18.2. The maximum Gasteiger partial charge on any atom is -0.172 e. The molecule has 0 N–H and O–H groups in total. The predicted molar refractivity (Wildman–Crippen MR) is 149 cm³/mol. The summed E-state index contributed by atoms with van der Waals surface area (Å²) in [7, 11) is 0. The Hall–Kier alpha value is -0.530. The number of benzene rings is 2. The summed E-state index contributed by atoms with van der Waals surface area (Å²) in [4.78, 5) is 0. The van der Waals surface area contributed by atoms with E-state index in [0.717, 1.165) is 6.42 Å². The van der Waals surface area contributed by atoms with Crippen LogP contribution in [0.25, 0.3) is 11.1 Å². The standard InChI is InChI=1S/C21H25.C6H14Si.C5H5.2ClH.Zr/c1-20(2,3)16-9-7-14-11-15-8-10-17(21(4,5)6)13-19(15)18(14)12-16;1-3-5-7-6-4-2;1-2-4-5-3-1;;;/h7,9-10,12-13H,11H2,1-6H3;3-6H2,1-2H3;1-5H;2*1H;/q-1;;-1;;;+2/p-2. The maximum atomic E-state index is 3.53. The fraction of sp³-hybridized carbons (Fsp3) is 0.469. The molecule has 0 aromatic heterocycles. The van der Waals surface area contributed by atoms with Gasteiger partial charge in [0.15, 0.2) is 0 Å². The van der Waals surface area contributed by atoms with Gasteiger partial charge >= 0.3 is 67.5 Å². The van der Waals surface area contributed by atoms with Crippen molar-refractivity contribution >= 4 is 5.43 Å². The topological polar surface area (TPSA) is 0 Å². The average Bonchev–Trinajstić information content (AvgIpc) is 3.44. The molecule has 0 radical (unpaired) electrons. The van der Waals surface area contributed by atoms with Gasteiger partial charge in [-0.3, -0.25) is 0 Å². The van der Waals surface area contributed by atoms with Gasteiger partial charge in [-0.05, 0) is 17.4 Å². The molecule has 0 amide bonds. The van der Waals surface area contributed by atoms with Crippen molar-refractivity contribution in [3.05, 3.63) is 89.0 Å². The zero-order chi connectivity index (χ0) is 25.4. The monoisotopic (exact) mass is 616 g/mol. The van der Waals surface area contributed by atoms with Crippen LogP contribution in [0.2, 0.25) is 12.1 Å². The van der Waals surface area contributed by atoms with Crippen molar-refractivity contribution in [1.29, 1.82) is 0 Å². The van der Waals surface area contributed by atoms with Gasteiger partial charge in [-0.2, -0.15) is 47.5 Å². The van der Waals surface area contributed by atoms with Crippen molar-refractivity contribution in [1.82, 2.24) is 0 Å². The molecule has 196 valence electrons. The molecular formula is C32H44Cl2SiZr-2. The summed E-state index contributed by atoms with van der Waals surface area (Å²) >= 11 is 1.84. The number of fused-ring (bicyclic) bond motifs is 3. The zero-order valence-corrected chi connectivity index (χ0v) is 28.5. The Labute approximate surface area is 249 Å². The third-order valence-electron chi connectivity index (χ3n) is 6.19. The predicted octanol–water partition coefficient (Wildman–Crippen LogP) is 3.41. The molecule has 1 aliphatic carbocycles. The first-order valence-corrected chi connectivity index (χ1v) is 18.5. The molecule has 0 spiro atoms. The fourth-order valence-electron chi connectivity index (χ4n) is 4.03. The van der Waals surface area contributed by atoms with Crippen LogP contribution in [-0.2, 0) is 40.6 Å². The van der Waals surface area contributed by atoms with Gasteiger partial charge in [0.2, 0.25) is 0 Å². The summed E-state index contributed by atoms with van der Waals surface area (Å²) < 4.78 is 0. The molecule has 0 saturated carbocycles. The SMILES string of the molecule is CC(C)(C)c1c[c-]c2c(c1)-c1cc(C(C)(C)C)ccc1C2.CCC[Si](=[Zr+2])CCC.[Cl-].[Cl-].c1cc[cH-]c1. The van der Waals surface area contributed by atoms with Crippen LogP contribution in [0.3, 0.4) is 0 Å². The van der Waals surface area contributed by atoms with Gasteiger partial charge in [-0.15, -0.1) is 5.56 Å². The maximum absolute atomic E-state index is 3.53. The van der Waals surface area contributed by atoms with Gasteiger partial charge in [0.05, 0.1) is 0 Å². The second-order valence-electron chi connectivity index (χ2n) is 11.4. The minimum Gasteiger partial charge on any atom is -1.00 e. The summed E-state index contributed by atoms with van der Waals surface area (Å²) in [6, 6.07) is 28.2. The van der Waals surface area contributed by atoms with Crippen molar-refractivity contribution in [2.75, 3.05) is 0 Å². The van der Waals surface area contributed by atoms with E-state index >= 15 is 0 Å². The molecule has 3 aromatic rings. The van der Waals surface area contributed by atoms with Gasteiger partial charge in [-0.25, -0.2) is 12.1 Å². The number of hydrogen-bond donors (Lipinski definition) is 0. The van der Waals surface area contributed by atoms with E-state index in [-0.39, 0.29) is 41.1 Å². The van der Waals surface area contributed by atoms with Crippen molar-refractivity contribution in [2.24, 2.45) is 0 Å². The van der Waals surface area contributed by atoms with Crippen molar-refractivity contribution in [2.45, 2.75) is 97.6 Å². The quantitative estimate of drug-likeness (QED) is 0.243. The smallest absolute Gasteiger partial charge is 0.172 e. The molecular weight excluding hydrogens is 575 g/mol. The zero-order valence-electron chi connectivity index (χ0n) is 23.6. The van der Waals surface area contributed by atoms with Gasteiger partial charge in [0.1, 0.15) is 0 Å². The molecule has 0 heterocycles. The van der Waals surface area contributed by atoms with Crippen molar-refractivity contribution in [3.63, 3.8) is 0 Å². The van der Waals surface area contributed by atoms with Crippen LogP contribution in [0.5, 0.6) is 0 Å². The van der Waals surface area contributed by atoms with E-state index in [1.54, 1.807) is 12.1 Å². The van der Waals surface area contributed by atoms with Crippen molar-refractivity contribution in [3.8, 4) is 11.1 Å². The van der Waals surface area contributed by atoms with Crippen LogP contribution in [0.1, 0.15) is 90.5 Å². The second kappa shape index (κ2) is 16.4. The third kappa shape index (κ3) is 11.1. The molecule has 0 fully saturated rings. The van der Waals surface area contributed by atoms with Gasteiger partial charge < -0.3 is 24.8 Å². The minimum absolute atomic E-state index is 0. The summed E-state index contributed by atoms with van der Waals surface area (Å²) in [5.74, 6) is 0. The van der Waals surface area contributed by atoms with E-state index < -0.39 is 0 Å². The van der Waals surface area contributed by atoms with E-state index in [2.05, 4.69) is 91.8 Å². The Morgan fingerprint density at radius 1 is 0.833 bits per heavy atom. The van der Waals surface area contributed by atoms with Crippen LogP contribution in [0.15, 0.2) is 60.7 Å². The number of halogens is 2. The first kappa shape index (κ1) is 35.5. The molecule has 4 rings (SSSR count). The minimum atomic E-state index is 0. The Balaban J connectivity index is 0.000000681. The molecule has 1 aliphatic rings. The summed E-state index contributed by atoms with van der Waals surface area (Å²) in [5.41, 5.74) is 8.96. The van der Waals surface area contributed by atoms with E-state index in [4.69, 9.17) is 0 Å².